The number of unbranched alkanes of at least 4 members (excludes halogenated alkanes) is 12. The van der Waals surface area contributed by atoms with Crippen LogP contribution in [-0.2, 0) is 23.8 Å². The zero-order valence-corrected chi connectivity index (χ0v) is 38.7. The number of hydrogen-bond acceptors (Lipinski definition) is 14. The summed E-state index contributed by atoms with van der Waals surface area (Å²) in [5, 5.41) is 0. The maximum atomic E-state index is 13.4. The second-order valence-corrected chi connectivity index (χ2v) is 15.7. The van der Waals surface area contributed by atoms with Gasteiger partial charge in [0.05, 0.1) is 51.8 Å². The van der Waals surface area contributed by atoms with E-state index in [1.54, 1.807) is 73.9 Å². The molecule has 0 aliphatic rings. The lowest BCUT2D eigenvalue weighted by atomic mass is 10.1. The van der Waals surface area contributed by atoms with Gasteiger partial charge >= 0.3 is 23.9 Å². The highest BCUT2D eigenvalue weighted by molar-refractivity contribution is 5.95. The summed E-state index contributed by atoms with van der Waals surface area (Å²) >= 11 is 0. The average molecular weight is 921 g/mol. The van der Waals surface area contributed by atoms with Crippen molar-refractivity contribution in [2.45, 2.75) is 89.9 Å². The number of hydrogen-bond donors (Lipinski definition) is 2. The summed E-state index contributed by atoms with van der Waals surface area (Å²) in [6, 6.07) is 21.4. The van der Waals surface area contributed by atoms with E-state index in [9.17, 15) is 24.0 Å². The summed E-state index contributed by atoms with van der Waals surface area (Å²) in [5.41, 5.74) is 14.7. The number of methoxy groups -OCH3 is 2. The molecule has 14 heteroatoms. The normalized spacial score (nSPS) is 11.0. The lowest BCUT2D eigenvalue weighted by Crippen LogP contribution is -2.12. The summed E-state index contributed by atoms with van der Waals surface area (Å²) in [5.74, 6) is -0.358. The zero-order chi connectivity index (χ0) is 48.1. The molecular weight excluding hydrogens is 857 g/mol. The molecule has 0 saturated heterocycles. The minimum absolute atomic E-state index is 0.161. The number of esters is 4. The SMILES string of the molecule is COC(=O)/C=C/c1ccc(C(=O)Oc2ccc(OCCCCCCCOc3ccc(/C=C/C=O)cc3OC)c(C(=O)OCCCCCCCCCCCOC(=O)c3cc(N)cc(N)c3)c2)cc1. The van der Waals surface area contributed by atoms with Gasteiger partial charge in [-0.05, 0) is 110 Å². The summed E-state index contributed by atoms with van der Waals surface area (Å²) < 4.78 is 38.8. The number of carbonyl (C=O) groups is 5. The largest absolute Gasteiger partial charge is 0.493 e. The summed E-state index contributed by atoms with van der Waals surface area (Å²) in [6.45, 7) is 1.50. The van der Waals surface area contributed by atoms with E-state index in [1.807, 2.05) is 18.2 Å². The third-order valence-electron chi connectivity index (χ3n) is 10.5. The predicted molar refractivity (Wildman–Crippen MR) is 258 cm³/mol. The predicted octanol–water partition coefficient (Wildman–Crippen LogP) is 10.4. The molecule has 0 unspecified atom stereocenters. The Bertz CT molecular complexity index is 2230. The van der Waals surface area contributed by atoms with Gasteiger partial charge in [-0.2, -0.15) is 0 Å². The molecule has 0 saturated carbocycles. The van der Waals surface area contributed by atoms with Gasteiger partial charge in [0.15, 0.2) is 11.5 Å². The van der Waals surface area contributed by atoms with Crippen molar-refractivity contribution in [3.05, 3.63) is 119 Å². The topological polar surface area (TPSA) is 202 Å². The fourth-order valence-electron chi connectivity index (χ4n) is 6.87. The van der Waals surface area contributed by atoms with Crippen molar-refractivity contribution >= 4 is 53.7 Å². The van der Waals surface area contributed by atoms with Crippen LogP contribution in [0.4, 0.5) is 11.4 Å². The number of nitrogen functional groups attached to an aromatic ring is 2. The van der Waals surface area contributed by atoms with Gasteiger partial charge < -0.3 is 44.6 Å². The molecule has 4 aromatic carbocycles. The Balaban J connectivity index is 1.18. The molecule has 4 aromatic rings. The highest BCUT2D eigenvalue weighted by Gasteiger charge is 2.18. The van der Waals surface area contributed by atoms with Gasteiger partial charge in [-0.3, -0.25) is 4.79 Å². The van der Waals surface area contributed by atoms with E-state index in [4.69, 9.17) is 39.9 Å². The van der Waals surface area contributed by atoms with Crippen molar-refractivity contribution < 1.29 is 57.1 Å². The van der Waals surface area contributed by atoms with Gasteiger partial charge in [-0.1, -0.05) is 88.5 Å². The van der Waals surface area contributed by atoms with Crippen molar-refractivity contribution in [3.63, 3.8) is 0 Å². The second kappa shape index (κ2) is 30.2. The maximum absolute atomic E-state index is 13.4. The Morgan fingerprint density at radius 3 is 1.63 bits per heavy atom. The molecule has 358 valence electrons. The molecule has 0 bridgehead atoms. The van der Waals surface area contributed by atoms with Crippen LogP contribution in [0.2, 0.25) is 0 Å². The molecule has 14 nitrogen and oxygen atoms in total. The number of ether oxygens (including phenoxy) is 7. The first-order valence-corrected chi connectivity index (χ1v) is 22.9. The van der Waals surface area contributed by atoms with Gasteiger partial charge in [-0.15, -0.1) is 0 Å². The number of nitrogens with two attached hydrogens (primary N) is 2. The van der Waals surface area contributed by atoms with Crippen LogP contribution in [0.5, 0.6) is 23.0 Å². The zero-order valence-electron chi connectivity index (χ0n) is 38.7. The van der Waals surface area contributed by atoms with Crippen LogP contribution in [0.15, 0.2) is 91.0 Å². The summed E-state index contributed by atoms with van der Waals surface area (Å²) in [4.78, 5) is 60.8. The van der Waals surface area contributed by atoms with Crippen molar-refractivity contribution in [1.82, 2.24) is 0 Å². The van der Waals surface area contributed by atoms with Gasteiger partial charge in [-0.25, -0.2) is 19.2 Å². The molecule has 4 rings (SSSR count). The van der Waals surface area contributed by atoms with Gasteiger partial charge in [0.25, 0.3) is 0 Å². The Labute approximate surface area is 393 Å². The molecule has 0 radical (unpaired) electrons. The van der Waals surface area contributed by atoms with Gasteiger partial charge in [0.1, 0.15) is 23.3 Å². The Morgan fingerprint density at radius 2 is 1.04 bits per heavy atom. The molecule has 0 spiro atoms. The van der Waals surface area contributed by atoms with Crippen LogP contribution in [0, 0.1) is 0 Å². The number of rotatable bonds is 31. The summed E-state index contributed by atoms with van der Waals surface area (Å²) in [7, 11) is 2.87. The first-order valence-electron chi connectivity index (χ1n) is 22.9. The molecular formula is C53H64N2O12. The van der Waals surface area contributed by atoms with Crippen molar-refractivity contribution in [2.75, 3.05) is 52.1 Å². The maximum Gasteiger partial charge on any atom is 0.343 e. The molecule has 0 aromatic heterocycles. The molecule has 0 amide bonds. The van der Waals surface area contributed by atoms with Crippen LogP contribution in [0.3, 0.4) is 0 Å². The van der Waals surface area contributed by atoms with E-state index >= 15 is 0 Å². The average Bonchev–Trinajstić information content (AvgIpc) is 3.33. The summed E-state index contributed by atoms with van der Waals surface area (Å²) in [6.07, 6.45) is 19.8. The molecule has 0 heterocycles. The smallest absolute Gasteiger partial charge is 0.343 e. The number of carbonyl (C=O) groups excluding carboxylic acids is 5. The number of allylic oxidation sites excluding steroid dienone is 1. The Morgan fingerprint density at radius 1 is 0.507 bits per heavy atom. The van der Waals surface area contributed by atoms with Gasteiger partial charge in [0, 0.05) is 17.5 Å². The fourth-order valence-corrected chi connectivity index (χ4v) is 6.87. The van der Waals surface area contributed by atoms with Crippen molar-refractivity contribution in [1.29, 1.82) is 0 Å². The standard InChI is InChI=1S/C53H64N2O12/c1-61-49-34-40(18-17-29-56)21-26-48(49)64-31-14-12-8-11-13-30-63-47-27-25-45(67-52(59)41-23-19-39(20-24-41)22-28-50(57)62-2)38-46(47)53(60)66-33-16-10-7-5-3-4-6-9-15-32-65-51(58)42-35-43(54)37-44(55)36-42/h17-29,34-38H,3-16,30-33,54-55H2,1-2H3/b18-17+,28-22+. The first kappa shape index (κ1) is 52.5. The third-order valence-corrected chi connectivity index (χ3v) is 10.5. The quantitative estimate of drug-likeness (QED) is 0.00918. The van der Waals surface area contributed by atoms with E-state index in [-0.39, 0.29) is 23.5 Å². The number of benzene rings is 4. The van der Waals surface area contributed by atoms with E-state index in [0.29, 0.717) is 66.0 Å². The molecule has 0 fully saturated rings. The molecule has 0 aliphatic carbocycles. The minimum Gasteiger partial charge on any atom is -0.493 e. The van der Waals surface area contributed by atoms with E-state index < -0.39 is 23.9 Å². The fraction of sp³-hybridized carbons (Fsp3) is 0.377. The molecule has 67 heavy (non-hydrogen) atoms. The van der Waals surface area contributed by atoms with Crippen LogP contribution in [0.1, 0.15) is 132 Å². The van der Waals surface area contributed by atoms with Crippen molar-refractivity contribution in [2.24, 2.45) is 0 Å². The Hall–Kier alpha value is -7.09. The van der Waals surface area contributed by atoms with Crippen LogP contribution >= 0.6 is 0 Å². The second-order valence-electron chi connectivity index (χ2n) is 15.7. The molecule has 0 aliphatic heterocycles. The van der Waals surface area contributed by atoms with Crippen LogP contribution < -0.4 is 30.4 Å². The van der Waals surface area contributed by atoms with E-state index in [1.165, 1.54) is 25.3 Å². The third kappa shape index (κ3) is 19.9. The lowest BCUT2D eigenvalue weighted by Gasteiger charge is -2.13. The van der Waals surface area contributed by atoms with E-state index in [2.05, 4.69) is 4.74 Å². The van der Waals surface area contributed by atoms with E-state index in [0.717, 1.165) is 95.3 Å². The monoisotopic (exact) mass is 920 g/mol. The molecule has 4 N–H and O–H groups in total. The van der Waals surface area contributed by atoms with Crippen LogP contribution in [-0.4, -0.2) is 70.8 Å². The van der Waals surface area contributed by atoms with Crippen molar-refractivity contribution in [3.8, 4) is 23.0 Å². The minimum atomic E-state index is -0.621. The van der Waals surface area contributed by atoms with Gasteiger partial charge in [0.2, 0.25) is 0 Å². The number of anilines is 2. The molecule has 0 atom stereocenters. The number of aldehydes is 1. The lowest BCUT2D eigenvalue weighted by molar-refractivity contribution is -0.134. The Kier molecular flexibility index (Phi) is 23.7. The highest BCUT2D eigenvalue weighted by atomic mass is 16.5. The van der Waals surface area contributed by atoms with Crippen LogP contribution in [0.25, 0.3) is 12.2 Å². The first-order chi connectivity index (χ1) is 32.6. The highest BCUT2D eigenvalue weighted by Crippen LogP contribution is 2.30.